The first-order chi connectivity index (χ1) is 17.0. The minimum absolute atomic E-state index is 0.110. The Labute approximate surface area is 209 Å². The fourth-order valence-electron chi connectivity index (χ4n) is 4.80. The summed E-state index contributed by atoms with van der Waals surface area (Å²) in [5.74, 6) is -0.724. The molecule has 5 rings (SSSR count). The molecule has 0 saturated carbocycles. The number of likely N-dealkylation sites (tertiary alicyclic amines) is 1. The molecule has 1 aliphatic heterocycles. The molecule has 0 bridgehead atoms. The number of oxazole rings is 1. The number of likely N-dealkylation sites (N-methyl/N-ethyl adjacent to an activating group) is 1. The topological polar surface area (TPSA) is 58.7 Å². The Hall–Kier alpha value is -3.35. The average Bonchev–Trinajstić information content (AvgIpc) is 3.50. The highest BCUT2D eigenvalue weighted by Gasteiger charge is 2.27. The van der Waals surface area contributed by atoms with Gasteiger partial charge in [-0.3, -0.25) is 9.36 Å². The van der Waals surface area contributed by atoms with Gasteiger partial charge in [-0.05, 0) is 60.8 Å². The second-order valence-corrected chi connectivity index (χ2v) is 9.52. The summed E-state index contributed by atoms with van der Waals surface area (Å²) in [6.07, 6.45) is 2.35. The van der Waals surface area contributed by atoms with Crippen LogP contribution < -0.4 is 5.76 Å². The van der Waals surface area contributed by atoms with Gasteiger partial charge in [0, 0.05) is 18.6 Å². The first-order valence-electron chi connectivity index (χ1n) is 11.9. The van der Waals surface area contributed by atoms with E-state index in [1.165, 1.54) is 17.4 Å². The Morgan fingerprint density at radius 3 is 2.40 bits per heavy atom. The smallest absolute Gasteiger partial charge is 0.408 e. The summed E-state index contributed by atoms with van der Waals surface area (Å²) in [5, 5.41) is 0.485. The van der Waals surface area contributed by atoms with Crippen LogP contribution >= 0.6 is 11.6 Å². The maximum absolute atomic E-state index is 13.4. The van der Waals surface area contributed by atoms with Gasteiger partial charge in [0.25, 0.3) is 0 Å². The van der Waals surface area contributed by atoms with E-state index in [2.05, 4.69) is 41.3 Å². The highest BCUT2D eigenvalue weighted by molar-refractivity contribution is 6.31. The van der Waals surface area contributed by atoms with Gasteiger partial charge in [-0.2, -0.15) is 0 Å². The number of hydrogen-bond acceptors (Lipinski definition) is 4. The standard InChI is InChI=1S/C28H28ClN3O3/c1-30(27(33)19-32-24-17-23(29)13-14-26(24)35-28(32)34)25(18-31-15-5-6-16-31)22-11-9-21(10-12-22)20-7-3-2-4-8-20/h2-4,7-14,17,25H,5-6,15-16,18-19H2,1H3/t25-/m1/s1. The highest BCUT2D eigenvalue weighted by atomic mass is 35.5. The molecule has 1 amide bonds. The molecule has 1 aromatic heterocycles. The van der Waals surface area contributed by atoms with Gasteiger partial charge in [0.05, 0.1) is 11.6 Å². The van der Waals surface area contributed by atoms with E-state index >= 15 is 0 Å². The summed E-state index contributed by atoms with van der Waals surface area (Å²) >= 11 is 6.12. The van der Waals surface area contributed by atoms with Gasteiger partial charge in [0.1, 0.15) is 6.54 Å². The first-order valence-corrected chi connectivity index (χ1v) is 12.3. The van der Waals surface area contributed by atoms with Crippen molar-refractivity contribution in [2.75, 3.05) is 26.7 Å². The predicted molar refractivity (Wildman–Crippen MR) is 139 cm³/mol. The van der Waals surface area contributed by atoms with E-state index in [1.54, 1.807) is 23.1 Å². The van der Waals surface area contributed by atoms with Gasteiger partial charge in [0.2, 0.25) is 5.91 Å². The summed E-state index contributed by atoms with van der Waals surface area (Å²) in [6, 6.07) is 23.5. The second kappa shape index (κ2) is 10.1. The van der Waals surface area contributed by atoms with Crippen LogP contribution in [-0.2, 0) is 11.3 Å². The van der Waals surface area contributed by atoms with Crippen molar-refractivity contribution in [1.29, 1.82) is 0 Å². The molecule has 0 unspecified atom stereocenters. The van der Waals surface area contributed by atoms with Crippen LogP contribution in [0.3, 0.4) is 0 Å². The highest BCUT2D eigenvalue weighted by Crippen LogP contribution is 2.27. The van der Waals surface area contributed by atoms with Crippen molar-refractivity contribution in [2.45, 2.75) is 25.4 Å². The van der Waals surface area contributed by atoms with Gasteiger partial charge in [0.15, 0.2) is 5.58 Å². The van der Waals surface area contributed by atoms with Gasteiger partial charge in [-0.25, -0.2) is 4.79 Å². The minimum Gasteiger partial charge on any atom is -0.408 e. The van der Waals surface area contributed by atoms with Crippen LogP contribution in [0.4, 0.5) is 0 Å². The fourth-order valence-corrected chi connectivity index (χ4v) is 4.96. The Morgan fingerprint density at radius 1 is 1.00 bits per heavy atom. The van der Waals surface area contributed by atoms with E-state index in [1.807, 2.05) is 25.2 Å². The van der Waals surface area contributed by atoms with Crippen LogP contribution in [0.15, 0.2) is 82.0 Å². The number of hydrogen-bond donors (Lipinski definition) is 0. The lowest BCUT2D eigenvalue weighted by molar-refractivity contribution is -0.133. The summed E-state index contributed by atoms with van der Waals surface area (Å²) in [4.78, 5) is 30.1. The van der Waals surface area contributed by atoms with Gasteiger partial charge in [-0.15, -0.1) is 0 Å². The Bertz CT molecular complexity index is 1370. The van der Waals surface area contributed by atoms with Crippen molar-refractivity contribution in [3.8, 4) is 11.1 Å². The van der Waals surface area contributed by atoms with E-state index in [-0.39, 0.29) is 18.5 Å². The zero-order chi connectivity index (χ0) is 24.4. The van der Waals surface area contributed by atoms with Crippen molar-refractivity contribution in [3.05, 3.63) is 93.9 Å². The predicted octanol–water partition coefficient (Wildman–Crippen LogP) is 5.21. The number of carbonyl (C=O) groups excluding carboxylic acids is 1. The summed E-state index contributed by atoms with van der Waals surface area (Å²) in [6.45, 7) is 2.71. The van der Waals surface area contributed by atoms with Gasteiger partial charge < -0.3 is 14.2 Å². The van der Waals surface area contributed by atoms with E-state index in [0.29, 0.717) is 16.1 Å². The zero-order valence-electron chi connectivity index (χ0n) is 19.7. The van der Waals surface area contributed by atoms with Gasteiger partial charge in [-0.1, -0.05) is 66.2 Å². The Morgan fingerprint density at radius 2 is 1.69 bits per heavy atom. The van der Waals surface area contributed by atoms with E-state index < -0.39 is 5.76 Å². The molecule has 0 spiro atoms. The molecule has 6 nitrogen and oxygen atoms in total. The molecule has 2 heterocycles. The normalized spacial score (nSPS) is 14.9. The van der Waals surface area contributed by atoms with Crippen molar-refractivity contribution in [3.63, 3.8) is 0 Å². The SMILES string of the molecule is CN(C(=O)Cn1c(=O)oc2ccc(Cl)cc21)[C@H](CN1CCCC1)c1ccc(-c2ccccc2)cc1. The second-order valence-electron chi connectivity index (χ2n) is 9.08. The quantitative estimate of drug-likeness (QED) is 0.357. The van der Waals surface area contributed by atoms with Crippen LogP contribution in [0.2, 0.25) is 5.02 Å². The van der Waals surface area contributed by atoms with Crippen LogP contribution in [0.1, 0.15) is 24.4 Å². The van der Waals surface area contributed by atoms with E-state index in [9.17, 15) is 9.59 Å². The van der Waals surface area contributed by atoms with Crippen molar-refractivity contribution < 1.29 is 9.21 Å². The largest absolute Gasteiger partial charge is 0.420 e. The van der Waals surface area contributed by atoms with Crippen LogP contribution in [0.25, 0.3) is 22.2 Å². The summed E-state index contributed by atoms with van der Waals surface area (Å²) < 4.78 is 6.67. The molecule has 1 aliphatic rings. The molecule has 0 N–H and O–H groups in total. The van der Waals surface area contributed by atoms with Crippen molar-refractivity contribution >= 4 is 28.6 Å². The lowest BCUT2D eigenvalue weighted by Crippen LogP contribution is -2.40. The molecular formula is C28H28ClN3O3. The maximum Gasteiger partial charge on any atom is 0.420 e. The number of aromatic nitrogens is 1. The molecule has 35 heavy (non-hydrogen) atoms. The fraction of sp³-hybridized carbons (Fsp3) is 0.286. The molecule has 7 heteroatoms. The number of fused-ring (bicyclic) bond motifs is 1. The zero-order valence-corrected chi connectivity index (χ0v) is 20.4. The Kier molecular flexibility index (Phi) is 6.75. The number of halogens is 1. The molecule has 1 fully saturated rings. The molecule has 4 aromatic rings. The third kappa shape index (κ3) is 5.04. The van der Waals surface area contributed by atoms with Crippen LogP contribution in [0.5, 0.6) is 0 Å². The number of carbonyl (C=O) groups is 1. The lowest BCUT2D eigenvalue weighted by atomic mass is 9.99. The van der Waals surface area contributed by atoms with Crippen LogP contribution in [0, 0.1) is 0 Å². The molecule has 180 valence electrons. The van der Waals surface area contributed by atoms with Crippen molar-refractivity contribution in [1.82, 2.24) is 14.4 Å². The first kappa shape index (κ1) is 23.4. The molecule has 1 atom stereocenters. The number of benzene rings is 3. The average molecular weight is 490 g/mol. The van der Waals surface area contributed by atoms with E-state index in [0.717, 1.165) is 36.3 Å². The van der Waals surface area contributed by atoms with Gasteiger partial charge >= 0.3 is 5.76 Å². The summed E-state index contributed by atoms with van der Waals surface area (Å²) in [7, 11) is 1.81. The molecule has 0 aliphatic carbocycles. The minimum atomic E-state index is -0.563. The Balaban J connectivity index is 1.41. The number of amides is 1. The molecule has 3 aromatic carbocycles. The monoisotopic (exact) mass is 489 g/mol. The maximum atomic E-state index is 13.4. The number of nitrogens with zero attached hydrogens (tertiary/aromatic N) is 3. The number of rotatable bonds is 7. The van der Waals surface area contributed by atoms with E-state index in [4.69, 9.17) is 16.0 Å². The third-order valence-electron chi connectivity index (χ3n) is 6.82. The lowest BCUT2D eigenvalue weighted by Gasteiger charge is -2.32. The molecule has 1 saturated heterocycles. The van der Waals surface area contributed by atoms with Crippen molar-refractivity contribution in [2.24, 2.45) is 0 Å². The third-order valence-corrected chi connectivity index (χ3v) is 7.05. The molecule has 0 radical (unpaired) electrons. The van der Waals surface area contributed by atoms with Crippen LogP contribution in [-0.4, -0.2) is 47.0 Å². The molecular weight excluding hydrogens is 462 g/mol. The summed E-state index contributed by atoms with van der Waals surface area (Å²) in [5.41, 5.74) is 4.30.